The molecule has 1 fully saturated rings. The molecule has 4 nitrogen and oxygen atoms in total. The summed E-state index contributed by atoms with van der Waals surface area (Å²) in [5, 5.41) is 11.8. The molecule has 27 heavy (non-hydrogen) atoms. The first-order chi connectivity index (χ1) is 13.1. The number of nitriles is 1. The van der Waals surface area contributed by atoms with Gasteiger partial charge in [0.15, 0.2) is 0 Å². The van der Waals surface area contributed by atoms with Gasteiger partial charge in [-0.15, -0.1) is 0 Å². The molecule has 0 radical (unpaired) electrons. The molecule has 1 saturated heterocycles. The van der Waals surface area contributed by atoms with Crippen molar-refractivity contribution >= 4 is 46.6 Å². The summed E-state index contributed by atoms with van der Waals surface area (Å²) in [4.78, 5) is 16.7. The first-order valence-corrected chi connectivity index (χ1v) is 10.1. The molecule has 1 atom stereocenters. The Kier molecular flexibility index (Phi) is 5.05. The highest BCUT2D eigenvalue weighted by atomic mass is 35.5. The van der Waals surface area contributed by atoms with Gasteiger partial charge in [-0.1, -0.05) is 59.2 Å². The molecule has 7 heteroatoms. The number of hydrogen-bond acceptors (Lipinski definition) is 4. The van der Waals surface area contributed by atoms with Crippen LogP contribution in [-0.4, -0.2) is 23.4 Å². The van der Waals surface area contributed by atoms with Gasteiger partial charge in [-0.25, -0.2) is 0 Å². The van der Waals surface area contributed by atoms with E-state index in [2.05, 4.69) is 11.0 Å². The Labute approximate surface area is 172 Å². The van der Waals surface area contributed by atoms with E-state index >= 15 is 0 Å². The molecule has 2 heterocycles. The largest absolute Gasteiger partial charge is 0.344 e. The van der Waals surface area contributed by atoms with Crippen LogP contribution in [0.4, 0.5) is 5.69 Å². The van der Waals surface area contributed by atoms with Crippen LogP contribution in [-0.2, 0) is 4.79 Å². The number of anilines is 1. The van der Waals surface area contributed by atoms with Crippen LogP contribution in [0.2, 0.25) is 10.0 Å². The minimum atomic E-state index is -0.298. The second kappa shape index (κ2) is 7.47. The van der Waals surface area contributed by atoms with Crippen LogP contribution in [0.15, 0.2) is 59.1 Å². The van der Waals surface area contributed by atoms with Gasteiger partial charge >= 0.3 is 0 Å². The van der Waals surface area contributed by atoms with Crippen LogP contribution in [0, 0.1) is 11.3 Å². The third kappa shape index (κ3) is 3.41. The van der Waals surface area contributed by atoms with Crippen LogP contribution < -0.4 is 4.90 Å². The van der Waals surface area contributed by atoms with Crippen LogP contribution in [0.25, 0.3) is 0 Å². The zero-order valence-electron chi connectivity index (χ0n) is 14.2. The lowest BCUT2D eigenvalue weighted by Gasteiger charge is -2.42. The van der Waals surface area contributed by atoms with Crippen molar-refractivity contribution in [2.45, 2.75) is 12.3 Å². The first-order valence-electron chi connectivity index (χ1n) is 8.41. The van der Waals surface area contributed by atoms with E-state index < -0.39 is 0 Å². The van der Waals surface area contributed by atoms with Crippen molar-refractivity contribution in [3.05, 3.63) is 74.7 Å². The van der Waals surface area contributed by atoms with Crippen molar-refractivity contribution in [1.29, 1.82) is 5.26 Å². The van der Waals surface area contributed by atoms with E-state index in [9.17, 15) is 10.1 Å². The second-order valence-electron chi connectivity index (χ2n) is 6.37. The second-order valence-corrected chi connectivity index (χ2v) is 8.14. The van der Waals surface area contributed by atoms with E-state index in [4.69, 9.17) is 23.2 Å². The Morgan fingerprint density at radius 1 is 1.15 bits per heavy atom. The Morgan fingerprint density at radius 2 is 1.96 bits per heavy atom. The molecule has 0 aliphatic carbocycles. The van der Waals surface area contributed by atoms with Crippen molar-refractivity contribution in [2.24, 2.45) is 0 Å². The summed E-state index contributed by atoms with van der Waals surface area (Å²) in [6.07, 6.45) is 0.236. The third-order valence-corrected chi connectivity index (χ3v) is 6.48. The predicted molar refractivity (Wildman–Crippen MR) is 110 cm³/mol. The highest BCUT2D eigenvalue weighted by Crippen LogP contribution is 2.44. The number of carbonyl (C=O) groups excluding carboxylic acids is 1. The lowest BCUT2D eigenvalue weighted by atomic mass is 9.86. The summed E-state index contributed by atoms with van der Waals surface area (Å²) in [5.41, 5.74) is 2.39. The van der Waals surface area contributed by atoms with E-state index in [0.29, 0.717) is 28.2 Å². The monoisotopic (exact) mass is 415 g/mol. The van der Waals surface area contributed by atoms with Gasteiger partial charge in [-0.2, -0.15) is 5.26 Å². The fraction of sp³-hybridized carbons (Fsp3) is 0.200. The van der Waals surface area contributed by atoms with Gasteiger partial charge in [0, 0.05) is 28.1 Å². The molecule has 2 aromatic rings. The first kappa shape index (κ1) is 18.2. The lowest BCUT2D eigenvalue weighted by molar-refractivity contribution is -0.129. The topological polar surface area (TPSA) is 47.3 Å². The average Bonchev–Trinajstić information content (AvgIpc) is 2.68. The highest BCUT2D eigenvalue weighted by Gasteiger charge is 2.38. The number of halogens is 2. The average molecular weight is 416 g/mol. The molecule has 0 saturated carbocycles. The molecular formula is C20H15Cl2N3OS. The molecular weight excluding hydrogens is 401 g/mol. The fourth-order valence-corrected chi connectivity index (χ4v) is 5.04. The lowest BCUT2D eigenvalue weighted by Crippen LogP contribution is -2.47. The number of carbonyl (C=O) groups is 1. The van der Waals surface area contributed by atoms with Crippen LogP contribution in [0.3, 0.4) is 0 Å². The van der Waals surface area contributed by atoms with Gasteiger partial charge in [-0.3, -0.25) is 9.69 Å². The van der Waals surface area contributed by atoms with Crippen LogP contribution in [0.1, 0.15) is 17.9 Å². The van der Waals surface area contributed by atoms with Gasteiger partial charge in [0.2, 0.25) is 5.91 Å². The molecule has 2 aliphatic heterocycles. The molecule has 0 spiro atoms. The van der Waals surface area contributed by atoms with Gasteiger partial charge in [0.25, 0.3) is 0 Å². The minimum Gasteiger partial charge on any atom is -0.344 e. The van der Waals surface area contributed by atoms with Crippen molar-refractivity contribution < 1.29 is 4.79 Å². The summed E-state index contributed by atoms with van der Waals surface area (Å²) in [6.45, 7) is 0.405. The van der Waals surface area contributed by atoms with Gasteiger partial charge in [0.05, 0.1) is 29.2 Å². The summed E-state index contributed by atoms with van der Waals surface area (Å²) in [6, 6.07) is 17.3. The van der Waals surface area contributed by atoms with E-state index in [0.717, 1.165) is 16.3 Å². The molecule has 4 rings (SSSR count). The number of rotatable bonds is 2. The van der Waals surface area contributed by atoms with E-state index in [1.54, 1.807) is 11.0 Å². The number of benzene rings is 2. The molecule has 1 unspecified atom stereocenters. The Balaban J connectivity index is 1.69. The molecule has 0 N–H and O–H groups in total. The summed E-state index contributed by atoms with van der Waals surface area (Å²) >= 11 is 13.9. The van der Waals surface area contributed by atoms with Gasteiger partial charge < -0.3 is 4.90 Å². The molecule has 0 aromatic heterocycles. The maximum atomic E-state index is 12.9. The maximum Gasteiger partial charge on any atom is 0.229 e. The summed E-state index contributed by atoms with van der Waals surface area (Å²) < 4.78 is 0. The van der Waals surface area contributed by atoms with Crippen LogP contribution in [0.5, 0.6) is 0 Å². The molecule has 0 bridgehead atoms. The third-order valence-electron chi connectivity index (χ3n) is 4.75. The number of hydrogen-bond donors (Lipinski definition) is 0. The Hall–Kier alpha value is -2.13. The molecule has 136 valence electrons. The van der Waals surface area contributed by atoms with Crippen LogP contribution >= 0.6 is 35.0 Å². The normalized spacial score (nSPS) is 19.7. The highest BCUT2D eigenvalue weighted by molar-refractivity contribution is 8.03. The van der Waals surface area contributed by atoms with Gasteiger partial charge in [0.1, 0.15) is 0 Å². The van der Waals surface area contributed by atoms with Crippen molar-refractivity contribution in [2.75, 3.05) is 17.4 Å². The van der Waals surface area contributed by atoms with E-state index in [1.165, 1.54) is 11.8 Å². The summed E-state index contributed by atoms with van der Waals surface area (Å²) in [5.74, 6) is 0.334. The zero-order chi connectivity index (χ0) is 19.0. The van der Waals surface area contributed by atoms with E-state index in [1.807, 2.05) is 42.5 Å². The quantitative estimate of drug-likeness (QED) is 0.674. The molecule has 2 aliphatic rings. The maximum absolute atomic E-state index is 12.9. The van der Waals surface area contributed by atoms with E-state index in [-0.39, 0.29) is 18.2 Å². The summed E-state index contributed by atoms with van der Waals surface area (Å²) in [7, 11) is 0. The Morgan fingerprint density at radius 3 is 2.70 bits per heavy atom. The zero-order valence-corrected chi connectivity index (χ0v) is 16.6. The predicted octanol–water partition coefficient (Wildman–Crippen LogP) is 5.21. The SMILES string of the molecule is N#CC1=C2SCN(c3cccc(Cl)c3)CN2C(=O)CC1c1ccccc1Cl. The van der Waals surface area contributed by atoms with Crippen molar-refractivity contribution in [3.8, 4) is 6.07 Å². The molecule has 1 amide bonds. The number of nitrogens with zero attached hydrogens (tertiary/aromatic N) is 3. The number of fused-ring (bicyclic) bond motifs is 1. The van der Waals surface area contributed by atoms with Crippen molar-refractivity contribution in [3.63, 3.8) is 0 Å². The fourth-order valence-electron chi connectivity index (χ4n) is 3.42. The number of thioether (sulfide) groups is 1. The number of amides is 1. The smallest absolute Gasteiger partial charge is 0.229 e. The van der Waals surface area contributed by atoms with Crippen molar-refractivity contribution in [1.82, 2.24) is 4.90 Å². The molecule has 2 aromatic carbocycles. The minimum absolute atomic E-state index is 0.00634. The standard InChI is InChI=1S/C20H15Cl2N3OS/c21-13-4-3-5-14(8-13)24-11-25-19(26)9-16(15-6-1-2-7-18(15)22)17(10-23)20(25)27-12-24/h1-8,16H,9,11-12H2. The Bertz CT molecular complexity index is 985. The van der Waals surface area contributed by atoms with Gasteiger partial charge in [-0.05, 0) is 29.8 Å². The number of allylic oxidation sites excluding steroid dienone is 1.